The monoisotopic (exact) mass is 454 g/mol. The first-order valence-electron chi connectivity index (χ1n) is 11.7. The third kappa shape index (κ3) is 6.91. The minimum Gasteiger partial charge on any atom is -0.507 e. The number of rotatable bonds is 13. The van der Waals surface area contributed by atoms with E-state index in [-0.39, 0.29) is 29.0 Å². The number of aryl methyl sites for hydroxylation is 1. The van der Waals surface area contributed by atoms with Crippen LogP contribution in [0.5, 0.6) is 5.75 Å². The summed E-state index contributed by atoms with van der Waals surface area (Å²) in [6.45, 7) is 3.86. The van der Waals surface area contributed by atoms with E-state index in [0.29, 0.717) is 17.5 Å². The average Bonchev–Trinajstić information content (AvgIpc) is 2.83. The Morgan fingerprint density at radius 1 is 0.848 bits per heavy atom. The Kier molecular flexibility index (Phi) is 10.6. The summed E-state index contributed by atoms with van der Waals surface area (Å²) < 4.78 is 9.96. The fraction of sp³-hybridized carbons (Fsp3) is 0.444. The molecule has 0 radical (unpaired) electrons. The van der Waals surface area contributed by atoms with Crippen LogP contribution >= 0.6 is 0 Å². The van der Waals surface area contributed by atoms with E-state index in [0.717, 1.165) is 25.7 Å². The largest absolute Gasteiger partial charge is 0.507 e. The topological polar surface area (TPSA) is 89.9 Å². The molecule has 6 nitrogen and oxygen atoms in total. The number of carbonyl (C=O) groups is 3. The molecule has 0 saturated carbocycles. The maximum atomic E-state index is 13.3. The molecule has 2 aromatic carbocycles. The van der Waals surface area contributed by atoms with Crippen molar-refractivity contribution in [2.45, 2.75) is 65.2 Å². The van der Waals surface area contributed by atoms with Crippen molar-refractivity contribution in [1.82, 2.24) is 0 Å². The van der Waals surface area contributed by atoms with Gasteiger partial charge in [0.05, 0.1) is 19.3 Å². The van der Waals surface area contributed by atoms with Gasteiger partial charge in [0, 0.05) is 11.1 Å². The Hall–Kier alpha value is -3.15. The molecule has 0 spiro atoms. The third-order valence-electron chi connectivity index (χ3n) is 5.58. The van der Waals surface area contributed by atoms with Crippen LogP contribution in [0.2, 0.25) is 0 Å². The first kappa shape index (κ1) is 26.1. The molecule has 0 aromatic heterocycles. The number of hydrogen-bond donors (Lipinski definition) is 1. The Labute approximate surface area is 195 Å². The summed E-state index contributed by atoms with van der Waals surface area (Å²) >= 11 is 0. The van der Waals surface area contributed by atoms with Crippen LogP contribution in [-0.4, -0.2) is 36.5 Å². The number of phenolic OH excluding ortho intramolecular Hbond substituents is 1. The van der Waals surface area contributed by atoms with Crippen LogP contribution in [0, 0.1) is 0 Å². The third-order valence-corrected chi connectivity index (χ3v) is 5.58. The van der Waals surface area contributed by atoms with Crippen molar-refractivity contribution in [3.8, 4) is 5.75 Å². The molecule has 0 atom stereocenters. The number of hydrogen-bond acceptors (Lipinski definition) is 6. The van der Waals surface area contributed by atoms with Crippen LogP contribution in [0.3, 0.4) is 0 Å². The molecule has 178 valence electrons. The highest BCUT2D eigenvalue weighted by Gasteiger charge is 2.31. The van der Waals surface area contributed by atoms with Crippen LogP contribution in [-0.2, 0) is 15.9 Å². The zero-order valence-electron chi connectivity index (χ0n) is 19.8. The van der Waals surface area contributed by atoms with E-state index in [4.69, 9.17) is 9.47 Å². The number of benzene rings is 2. The molecule has 0 aliphatic heterocycles. The molecule has 2 rings (SSSR count). The van der Waals surface area contributed by atoms with Gasteiger partial charge in [-0.25, -0.2) is 9.59 Å². The van der Waals surface area contributed by atoms with Crippen LogP contribution in [0.25, 0.3) is 0 Å². The highest BCUT2D eigenvalue weighted by Crippen LogP contribution is 2.33. The molecule has 0 fully saturated rings. The predicted molar refractivity (Wildman–Crippen MR) is 127 cm³/mol. The number of esters is 2. The first-order valence-corrected chi connectivity index (χ1v) is 11.7. The van der Waals surface area contributed by atoms with Gasteiger partial charge in [-0.1, -0.05) is 75.8 Å². The Morgan fingerprint density at radius 3 is 2.09 bits per heavy atom. The van der Waals surface area contributed by atoms with Crippen molar-refractivity contribution < 1.29 is 29.0 Å². The number of ether oxygens (including phenoxy) is 2. The minimum absolute atomic E-state index is 0.0239. The number of methoxy groups -OCH3 is 1. The lowest BCUT2D eigenvalue weighted by Gasteiger charge is -2.17. The number of phenols is 1. The van der Waals surface area contributed by atoms with Gasteiger partial charge in [0.2, 0.25) is 0 Å². The zero-order valence-corrected chi connectivity index (χ0v) is 19.8. The van der Waals surface area contributed by atoms with E-state index >= 15 is 0 Å². The Morgan fingerprint density at radius 2 is 1.48 bits per heavy atom. The molecule has 0 heterocycles. The standard InChI is InChI=1S/C27H34O6/c1-4-6-7-8-9-10-12-17-20-18-21(24(28)19-15-13-11-14-16-19)22(27(31)33-5-2)23(25(20)29)26(30)32-3/h11,13-16,18,29H,4-10,12,17H2,1-3H3. The number of carbonyl (C=O) groups excluding carboxylic acids is 3. The second-order valence-electron chi connectivity index (χ2n) is 7.96. The van der Waals surface area contributed by atoms with Crippen molar-refractivity contribution in [3.05, 3.63) is 64.2 Å². The van der Waals surface area contributed by atoms with Crippen LogP contribution in [0.1, 0.15) is 101 Å². The molecule has 33 heavy (non-hydrogen) atoms. The highest BCUT2D eigenvalue weighted by molar-refractivity contribution is 6.18. The van der Waals surface area contributed by atoms with Gasteiger partial charge < -0.3 is 14.6 Å². The maximum absolute atomic E-state index is 13.3. The van der Waals surface area contributed by atoms with Crippen LogP contribution in [0.4, 0.5) is 0 Å². The van der Waals surface area contributed by atoms with E-state index in [2.05, 4.69) is 6.92 Å². The van der Waals surface area contributed by atoms with Crippen molar-refractivity contribution in [1.29, 1.82) is 0 Å². The lowest BCUT2D eigenvalue weighted by molar-refractivity contribution is 0.0499. The van der Waals surface area contributed by atoms with E-state index in [9.17, 15) is 19.5 Å². The Balaban J connectivity index is 2.47. The first-order chi connectivity index (χ1) is 16.0. The highest BCUT2D eigenvalue weighted by atomic mass is 16.5. The summed E-state index contributed by atoms with van der Waals surface area (Å²) in [6.07, 6.45) is 8.10. The van der Waals surface area contributed by atoms with Crippen molar-refractivity contribution in [2.75, 3.05) is 13.7 Å². The summed E-state index contributed by atoms with van der Waals surface area (Å²) in [5.74, 6) is -2.50. The Bertz CT molecular complexity index is 949. The van der Waals surface area contributed by atoms with Gasteiger partial charge in [-0.05, 0) is 31.4 Å². The lowest BCUT2D eigenvalue weighted by atomic mass is 9.89. The van der Waals surface area contributed by atoms with Crippen molar-refractivity contribution in [3.63, 3.8) is 0 Å². The molecule has 1 N–H and O–H groups in total. The van der Waals surface area contributed by atoms with Gasteiger partial charge in [-0.3, -0.25) is 4.79 Å². The lowest BCUT2D eigenvalue weighted by Crippen LogP contribution is -2.20. The van der Waals surface area contributed by atoms with Gasteiger partial charge >= 0.3 is 11.9 Å². The fourth-order valence-corrected chi connectivity index (χ4v) is 3.83. The molecule has 0 aliphatic carbocycles. The SMILES string of the molecule is CCCCCCCCCc1cc(C(=O)c2ccccc2)c(C(=O)OCC)c(C(=O)OC)c1O. The predicted octanol–water partition coefficient (Wildman–Crippen LogP) is 5.88. The van der Waals surface area contributed by atoms with E-state index in [1.54, 1.807) is 37.3 Å². The maximum Gasteiger partial charge on any atom is 0.342 e. The van der Waals surface area contributed by atoms with E-state index in [1.165, 1.54) is 32.4 Å². The number of unbranched alkanes of at least 4 members (excludes halogenated alkanes) is 6. The molecule has 0 aliphatic rings. The van der Waals surface area contributed by atoms with Crippen molar-refractivity contribution >= 4 is 17.7 Å². The van der Waals surface area contributed by atoms with Gasteiger partial charge in [0.25, 0.3) is 0 Å². The summed E-state index contributed by atoms with van der Waals surface area (Å²) in [5.41, 5.74) is 0.243. The van der Waals surface area contributed by atoms with E-state index in [1.807, 2.05) is 0 Å². The molecule has 0 bridgehead atoms. The van der Waals surface area contributed by atoms with Gasteiger partial charge in [0.1, 0.15) is 11.3 Å². The quantitative estimate of drug-likeness (QED) is 0.231. The molecule has 0 amide bonds. The van der Waals surface area contributed by atoms with Crippen LogP contribution < -0.4 is 0 Å². The van der Waals surface area contributed by atoms with Crippen molar-refractivity contribution in [2.24, 2.45) is 0 Å². The van der Waals surface area contributed by atoms with Gasteiger partial charge in [-0.2, -0.15) is 0 Å². The minimum atomic E-state index is -0.890. The second kappa shape index (κ2) is 13.4. The molecule has 6 heteroatoms. The van der Waals surface area contributed by atoms with Gasteiger partial charge in [0.15, 0.2) is 5.78 Å². The normalized spacial score (nSPS) is 10.6. The number of aromatic hydroxyl groups is 1. The molecule has 0 saturated heterocycles. The van der Waals surface area contributed by atoms with E-state index < -0.39 is 17.7 Å². The number of ketones is 1. The smallest absolute Gasteiger partial charge is 0.342 e. The molecule has 2 aromatic rings. The average molecular weight is 455 g/mol. The summed E-state index contributed by atoms with van der Waals surface area (Å²) in [5, 5.41) is 10.9. The second-order valence-corrected chi connectivity index (χ2v) is 7.96. The molecular weight excluding hydrogens is 420 g/mol. The summed E-state index contributed by atoms with van der Waals surface area (Å²) in [4.78, 5) is 38.7. The molecular formula is C27H34O6. The zero-order chi connectivity index (χ0) is 24.2. The molecule has 0 unspecified atom stereocenters. The van der Waals surface area contributed by atoms with Gasteiger partial charge in [-0.15, -0.1) is 0 Å². The van der Waals surface area contributed by atoms with Crippen LogP contribution in [0.15, 0.2) is 36.4 Å². The summed E-state index contributed by atoms with van der Waals surface area (Å²) in [7, 11) is 1.17. The fourth-order valence-electron chi connectivity index (χ4n) is 3.83. The summed E-state index contributed by atoms with van der Waals surface area (Å²) in [6, 6.07) is 10.0.